The molecule has 0 spiro atoms. The van der Waals surface area contributed by atoms with Crippen LogP contribution in [0.5, 0.6) is 11.5 Å². The highest BCUT2D eigenvalue weighted by molar-refractivity contribution is 7.99. The molecule has 0 unspecified atom stereocenters. The molecule has 4 nitrogen and oxygen atoms in total. The van der Waals surface area contributed by atoms with Crippen molar-refractivity contribution in [2.45, 2.75) is 13.5 Å². The number of aryl methyl sites for hydroxylation is 1. The molecule has 0 radical (unpaired) electrons. The van der Waals surface area contributed by atoms with Crippen LogP contribution >= 0.6 is 11.8 Å². The van der Waals surface area contributed by atoms with Gasteiger partial charge in [-0.3, -0.25) is 4.79 Å². The predicted molar refractivity (Wildman–Crippen MR) is 98.8 cm³/mol. The van der Waals surface area contributed by atoms with E-state index in [4.69, 9.17) is 9.47 Å². The largest absolute Gasteiger partial charge is 0.497 e. The fraction of sp³-hybridized carbons (Fsp3) is 0.316. The Bertz CT molecular complexity index is 661. The molecular formula is C19H23NO3S. The van der Waals surface area contributed by atoms with Crippen molar-refractivity contribution in [1.29, 1.82) is 0 Å². The summed E-state index contributed by atoms with van der Waals surface area (Å²) in [6.45, 7) is 3.14. The molecule has 0 aromatic heterocycles. The first kappa shape index (κ1) is 18.2. The van der Waals surface area contributed by atoms with Crippen molar-refractivity contribution >= 4 is 17.7 Å². The fourth-order valence-corrected chi connectivity index (χ4v) is 2.76. The zero-order chi connectivity index (χ0) is 17.2. The zero-order valence-electron chi connectivity index (χ0n) is 14.1. The van der Waals surface area contributed by atoms with Crippen molar-refractivity contribution in [3.05, 3.63) is 59.7 Å². The quantitative estimate of drug-likeness (QED) is 0.707. The average molecular weight is 345 g/mol. The molecule has 0 aliphatic carbocycles. The lowest BCUT2D eigenvalue weighted by atomic mass is 10.2. The van der Waals surface area contributed by atoms with Gasteiger partial charge in [0.05, 0.1) is 19.5 Å². The minimum Gasteiger partial charge on any atom is -0.497 e. The Morgan fingerprint density at radius 2 is 1.92 bits per heavy atom. The standard InChI is InChI=1S/C19H23NO3S/c1-15-5-3-8-18(11-15)23-9-10-24-14-19(21)20-13-16-6-4-7-17(12-16)22-2/h3-8,11-12H,9-10,13-14H2,1-2H3,(H,20,21). The van der Waals surface area contributed by atoms with Gasteiger partial charge in [-0.05, 0) is 42.3 Å². The number of rotatable bonds is 9. The van der Waals surface area contributed by atoms with Crippen LogP contribution in [0.25, 0.3) is 0 Å². The summed E-state index contributed by atoms with van der Waals surface area (Å²) in [4.78, 5) is 11.8. The summed E-state index contributed by atoms with van der Waals surface area (Å²) in [7, 11) is 1.63. The van der Waals surface area contributed by atoms with Crippen LogP contribution in [0.1, 0.15) is 11.1 Å². The Hall–Kier alpha value is -2.14. The van der Waals surface area contributed by atoms with E-state index < -0.39 is 0 Å². The minimum absolute atomic E-state index is 0.0263. The monoisotopic (exact) mass is 345 g/mol. The molecule has 0 heterocycles. The number of methoxy groups -OCH3 is 1. The van der Waals surface area contributed by atoms with Gasteiger partial charge in [0, 0.05) is 12.3 Å². The van der Waals surface area contributed by atoms with Gasteiger partial charge in [-0.25, -0.2) is 0 Å². The first-order chi connectivity index (χ1) is 11.7. The molecular weight excluding hydrogens is 322 g/mol. The Morgan fingerprint density at radius 3 is 2.71 bits per heavy atom. The highest BCUT2D eigenvalue weighted by Gasteiger charge is 2.03. The first-order valence-electron chi connectivity index (χ1n) is 7.84. The van der Waals surface area contributed by atoms with Crippen molar-refractivity contribution in [1.82, 2.24) is 5.32 Å². The second kappa shape index (κ2) is 9.88. The third-order valence-electron chi connectivity index (χ3n) is 3.34. The molecule has 0 atom stereocenters. The second-order valence-corrected chi connectivity index (χ2v) is 6.45. The number of benzene rings is 2. The van der Waals surface area contributed by atoms with Gasteiger partial charge < -0.3 is 14.8 Å². The van der Waals surface area contributed by atoms with E-state index in [0.717, 1.165) is 22.8 Å². The normalized spacial score (nSPS) is 10.2. The first-order valence-corrected chi connectivity index (χ1v) is 8.99. The molecule has 0 aliphatic heterocycles. The summed E-state index contributed by atoms with van der Waals surface area (Å²) in [5.41, 5.74) is 2.20. The van der Waals surface area contributed by atoms with E-state index >= 15 is 0 Å². The van der Waals surface area contributed by atoms with E-state index in [1.54, 1.807) is 18.9 Å². The highest BCUT2D eigenvalue weighted by Crippen LogP contribution is 2.13. The number of hydrogen-bond donors (Lipinski definition) is 1. The highest BCUT2D eigenvalue weighted by atomic mass is 32.2. The number of ether oxygens (including phenoxy) is 2. The van der Waals surface area contributed by atoms with Crippen molar-refractivity contribution in [3.8, 4) is 11.5 Å². The minimum atomic E-state index is 0.0263. The molecule has 0 saturated heterocycles. The van der Waals surface area contributed by atoms with Gasteiger partial charge >= 0.3 is 0 Å². The van der Waals surface area contributed by atoms with Crippen molar-refractivity contribution in [3.63, 3.8) is 0 Å². The SMILES string of the molecule is COc1cccc(CNC(=O)CSCCOc2cccc(C)c2)c1. The fourth-order valence-electron chi connectivity index (χ4n) is 2.12. The summed E-state index contributed by atoms with van der Waals surface area (Å²) < 4.78 is 10.8. The summed E-state index contributed by atoms with van der Waals surface area (Å²) in [6, 6.07) is 15.6. The lowest BCUT2D eigenvalue weighted by Crippen LogP contribution is -2.25. The van der Waals surface area contributed by atoms with Gasteiger partial charge in [-0.2, -0.15) is 0 Å². The van der Waals surface area contributed by atoms with Gasteiger partial charge in [0.25, 0.3) is 0 Å². The molecule has 2 aromatic carbocycles. The maximum absolute atomic E-state index is 11.8. The van der Waals surface area contributed by atoms with E-state index in [1.165, 1.54) is 5.56 Å². The molecule has 1 amide bonds. The predicted octanol–water partition coefficient (Wildman–Crippen LogP) is 3.43. The van der Waals surface area contributed by atoms with Gasteiger partial charge in [0.1, 0.15) is 11.5 Å². The van der Waals surface area contributed by atoms with Gasteiger partial charge in [0.2, 0.25) is 5.91 Å². The molecule has 2 rings (SSSR count). The van der Waals surface area contributed by atoms with Crippen molar-refractivity contribution < 1.29 is 14.3 Å². The molecule has 128 valence electrons. The van der Waals surface area contributed by atoms with Crippen LogP contribution in [0.15, 0.2) is 48.5 Å². The van der Waals surface area contributed by atoms with E-state index in [9.17, 15) is 4.79 Å². The number of hydrogen-bond acceptors (Lipinski definition) is 4. The van der Waals surface area contributed by atoms with Crippen LogP contribution in [0, 0.1) is 6.92 Å². The topological polar surface area (TPSA) is 47.6 Å². The number of carbonyl (C=O) groups is 1. The van der Waals surface area contributed by atoms with Gasteiger partial charge in [-0.15, -0.1) is 11.8 Å². The average Bonchev–Trinajstić information content (AvgIpc) is 2.60. The van der Waals surface area contributed by atoms with Gasteiger partial charge in [0.15, 0.2) is 0 Å². The van der Waals surface area contributed by atoms with E-state index in [-0.39, 0.29) is 5.91 Å². The summed E-state index contributed by atoms with van der Waals surface area (Å²) in [5, 5.41) is 2.91. The van der Waals surface area contributed by atoms with Crippen LogP contribution in [0.4, 0.5) is 0 Å². The summed E-state index contributed by atoms with van der Waals surface area (Å²) in [6.07, 6.45) is 0. The van der Waals surface area contributed by atoms with Gasteiger partial charge in [-0.1, -0.05) is 24.3 Å². The molecule has 2 aromatic rings. The summed E-state index contributed by atoms with van der Waals surface area (Å²) >= 11 is 1.57. The zero-order valence-corrected chi connectivity index (χ0v) is 14.9. The van der Waals surface area contributed by atoms with Crippen molar-refractivity contribution in [2.24, 2.45) is 0 Å². The molecule has 0 bridgehead atoms. The third-order valence-corrected chi connectivity index (χ3v) is 4.26. The van der Waals surface area contributed by atoms with Crippen molar-refractivity contribution in [2.75, 3.05) is 25.2 Å². The van der Waals surface area contributed by atoms with E-state index in [1.807, 2.05) is 55.5 Å². The molecule has 0 aliphatic rings. The number of amides is 1. The maximum atomic E-state index is 11.8. The van der Waals surface area contributed by atoms with Crippen LogP contribution < -0.4 is 14.8 Å². The lowest BCUT2D eigenvalue weighted by Gasteiger charge is -2.08. The summed E-state index contributed by atoms with van der Waals surface area (Å²) in [5.74, 6) is 2.91. The Labute approximate surface area is 147 Å². The molecule has 1 N–H and O–H groups in total. The molecule has 24 heavy (non-hydrogen) atoms. The second-order valence-electron chi connectivity index (χ2n) is 5.35. The molecule has 5 heteroatoms. The van der Waals surface area contributed by atoms with E-state index in [0.29, 0.717) is 18.9 Å². The number of nitrogens with one attached hydrogen (secondary N) is 1. The lowest BCUT2D eigenvalue weighted by molar-refractivity contribution is -0.118. The van der Waals surface area contributed by atoms with E-state index in [2.05, 4.69) is 5.32 Å². The van der Waals surface area contributed by atoms with Crippen LogP contribution in [0.2, 0.25) is 0 Å². The smallest absolute Gasteiger partial charge is 0.230 e. The van der Waals surface area contributed by atoms with Crippen LogP contribution in [-0.4, -0.2) is 31.1 Å². The van der Waals surface area contributed by atoms with Crippen LogP contribution in [0.3, 0.4) is 0 Å². The number of carbonyl (C=O) groups excluding carboxylic acids is 1. The Morgan fingerprint density at radius 1 is 1.12 bits per heavy atom. The Balaban J connectivity index is 1.59. The molecule has 0 fully saturated rings. The maximum Gasteiger partial charge on any atom is 0.230 e. The third kappa shape index (κ3) is 6.54. The molecule has 0 saturated carbocycles. The number of thioether (sulfide) groups is 1. The van der Waals surface area contributed by atoms with Crippen LogP contribution in [-0.2, 0) is 11.3 Å². The Kier molecular flexibility index (Phi) is 7.49.